The summed E-state index contributed by atoms with van der Waals surface area (Å²) in [6, 6.07) is 9.67. The van der Waals surface area contributed by atoms with E-state index in [-0.39, 0.29) is 0 Å². The largest absolute Gasteiger partial charge is 0.385 e. The molecule has 0 fully saturated rings. The molecule has 1 aliphatic carbocycles. The van der Waals surface area contributed by atoms with E-state index >= 15 is 0 Å². The number of fused-ring (bicyclic) bond motifs is 1. The van der Waals surface area contributed by atoms with E-state index in [9.17, 15) is 0 Å². The molecule has 1 aliphatic rings. The quantitative estimate of drug-likeness (QED) is 0.727. The van der Waals surface area contributed by atoms with Gasteiger partial charge in [-0.15, -0.1) is 0 Å². The lowest BCUT2D eigenvalue weighted by Crippen LogP contribution is -2.31. The van der Waals surface area contributed by atoms with E-state index in [0.29, 0.717) is 6.04 Å². The molecule has 0 bridgehead atoms. The number of aryl methyl sites for hydroxylation is 1. The lowest BCUT2D eigenvalue weighted by Gasteiger charge is -2.29. The zero-order valence-electron chi connectivity index (χ0n) is 13.0. The average molecular weight is 275 g/mol. The molecule has 2 heteroatoms. The van der Waals surface area contributed by atoms with Crippen LogP contribution in [0.4, 0.5) is 0 Å². The van der Waals surface area contributed by atoms with Crippen LogP contribution in [-0.2, 0) is 11.2 Å². The highest BCUT2D eigenvalue weighted by molar-refractivity contribution is 5.32. The summed E-state index contributed by atoms with van der Waals surface area (Å²) < 4.78 is 5.19. The van der Waals surface area contributed by atoms with Crippen molar-refractivity contribution in [2.75, 3.05) is 20.3 Å². The van der Waals surface area contributed by atoms with Crippen molar-refractivity contribution in [1.82, 2.24) is 5.32 Å². The molecule has 1 aromatic carbocycles. The molecule has 0 saturated carbocycles. The molecular weight excluding hydrogens is 246 g/mol. The second kappa shape index (κ2) is 8.43. The minimum Gasteiger partial charge on any atom is -0.385 e. The van der Waals surface area contributed by atoms with Crippen LogP contribution in [0.3, 0.4) is 0 Å². The van der Waals surface area contributed by atoms with Gasteiger partial charge in [-0.3, -0.25) is 0 Å². The molecule has 0 aromatic heterocycles. The van der Waals surface area contributed by atoms with Crippen molar-refractivity contribution in [2.24, 2.45) is 0 Å². The van der Waals surface area contributed by atoms with Gasteiger partial charge in [0.1, 0.15) is 0 Å². The Hall–Kier alpha value is -0.860. The maximum atomic E-state index is 5.19. The average Bonchev–Trinajstić information content (AvgIpc) is 2.48. The van der Waals surface area contributed by atoms with Crippen LogP contribution in [-0.4, -0.2) is 26.3 Å². The van der Waals surface area contributed by atoms with E-state index in [4.69, 9.17) is 4.74 Å². The molecule has 0 aliphatic heterocycles. The Morgan fingerprint density at radius 3 is 3.00 bits per heavy atom. The van der Waals surface area contributed by atoms with Crippen LogP contribution in [0.25, 0.3) is 0 Å². The van der Waals surface area contributed by atoms with Crippen LogP contribution >= 0.6 is 0 Å². The highest BCUT2D eigenvalue weighted by atomic mass is 16.5. The summed E-state index contributed by atoms with van der Waals surface area (Å²) in [5.41, 5.74) is 3.18. The number of benzene rings is 1. The predicted molar refractivity (Wildman–Crippen MR) is 85.3 cm³/mol. The Morgan fingerprint density at radius 2 is 2.20 bits per heavy atom. The zero-order valence-corrected chi connectivity index (χ0v) is 13.0. The number of hydrogen-bond acceptors (Lipinski definition) is 2. The van der Waals surface area contributed by atoms with Gasteiger partial charge in [0.15, 0.2) is 0 Å². The van der Waals surface area contributed by atoms with Gasteiger partial charge in [0.2, 0.25) is 0 Å². The molecule has 0 spiro atoms. The molecule has 0 amide bonds. The van der Waals surface area contributed by atoms with Crippen molar-refractivity contribution in [2.45, 2.75) is 57.4 Å². The van der Waals surface area contributed by atoms with Gasteiger partial charge in [0.25, 0.3) is 0 Å². The van der Waals surface area contributed by atoms with E-state index in [1.54, 1.807) is 18.2 Å². The molecule has 1 aromatic rings. The van der Waals surface area contributed by atoms with Crippen LogP contribution in [0.5, 0.6) is 0 Å². The standard InChI is InChI=1S/C18H29NO/c1-3-19-17(11-7-13-20-2)14-16-10-6-9-15-8-4-5-12-18(15)16/h4-5,8,12,16-17,19H,3,6-7,9-11,13-14H2,1-2H3. The van der Waals surface area contributed by atoms with Crippen molar-refractivity contribution in [3.8, 4) is 0 Å². The summed E-state index contributed by atoms with van der Waals surface area (Å²) in [5, 5.41) is 3.66. The molecule has 2 unspecified atom stereocenters. The summed E-state index contributed by atoms with van der Waals surface area (Å²) in [7, 11) is 1.79. The molecule has 0 radical (unpaired) electrons. The number of ether oxygens (including phenoxy) is 1. The first kappa shape index (κ1) is 15.5. The lowest BCUT2D eigenvalue weighted by atomic mass is 9.79. The molecule has 112 valence electrons. The van der Waals surface area contributed by atoms with Crippen LogP contribution in [0, 0.1) is 0 Å². The Morgan fingerprint density at radius 1 is 1.35 bits per heavy atom. The SMILES string of the molecule is CCNC(CCCOC)CC1CCCc2ccccc21. The van der Waals surface area contributed by atoms with Crippen molar-refractivity contribution in [3.63, 3.8) is 0 Å². The molecule has 1 N–H and O–H groups in total. The Kier molecular flexibility index (Phi) is 6.55. The fourth-order valence-corrected chi connectivity index (χ4v) is 3.51. The maximum Gasteiger partial charge on any atom is 0.0462 e. The van der Waals surface area contributed by atoms with Crippen molar-refractivity contribution < 1.29 is 4.74 Å². The highest BCUT2D eigenvalue weighted by Gasteiger charge is 2.22. The van der Waals surface area contributed by atoms with Gasteiger partial charge in [0.05, 0.1) is 0 Å². The van der Waals surface area contributed by atoms with Crippen LogP contribution < -0.4 is 5.32 Å². The Bertz CT molecular complexity index is 391. The molecule has 0 saturated heterocycles. The Balaban J connectivity index is 1.96. The zero-order chi connectivity index (χ0) is 14.2. The lowest BCUT2D eigenvalue weighted by molar-refractivity contribution is 0.187. The molecule has 2 atom stereocenters. The topological polar surface area (TPSA) is 21.3 Å². The maximum absolute atomic E-state index is 5.19. The van der Waals surface area contributed by atoms with E-state index in [1.165, 1.54) is 32.1 Å². The van der Waals surface area contributed by atoms with Gasteiger partial charge in [-0.2, -0.15) is 0 Å². The van der Waals surface area contributed by atoms with Gasteiger partial charge >= 0.3 is 0 Å². The van der Waals surface area contributed by atoms with E-state index in [0.717, 1.165) is 25.5 Å². The van der Waals surface area contributed by atoms with Crippen LogP contribution in [0.2, 0.25) is 0 Å². The van der Waals surface area contributed by atoms with E-state index in [2.05, 4.69) is 36.5 Å². The molecule has 0 heterocycles. The van der Waals surface area contributed by atoms with Crippen LogP contribution in [0.1, 0.15) is 56.1 Å². The second-order valence-electron chi connectivity index (χ2n) is 5.91. The van der Waals surface area contributed by atoms with Gasteiger partial charge < -0.3 is 10.1 Å². The molecule has 2 nitrogen and oxygen atoms in total. The van der Waals surface area contributed by atoms with Gasteiger partial charge in [-0.25, -0.2) is 0 Å². The number of rotatable bonds is 8. The number of hydrogen-bond donors (Lipinski definition) is 1. The normalized spacial score (nSPS) is 19.6. The molecule has 20 heavy (non-hydrogen) atoms. The van der Waals surface area contributed by atoms with Crippen LogP contribution in [0.15, 0.2) is 24.3 Å². The highest BCUT2D eigenvalue weighted by Crippen LogP contribution is 2.35. The third-order valence-electron chi connectivity index (χ3n) is 4.46. The first-order valence-electron chi connectivity index (χ1n) is 8.15. The summed E-state index contributed by atoms with van der Waals surface area (Å²) in [6.45, 7) is 4.15. The number of methoxy groups -OCH3 is 1. The third kappa shape index (κ3) is 4.32. The Labute approximate surface area is 123 Å². The monoisotopic (exact) mass is 275 g/mol. The third-order valence-corrected chi connectivity index (χ3v) is 4.46. The minimum absolute atomic E-state index is 0.631. The predicted octanol–water partition coefficient (Wildman–Crippen LogP) is 3.90. The summed E-state index contributed by atoms with van der Waals surface area (Å²) >= 11 is 0. The van der Waals surface area contributed by atoms with Gasteiger partial charge in [-0.05, 0) is 62.1 Å². The van der Waals surface area contributed by atoms with Crippen molar-refractivity contribution >= 4 is 0 Å². The smallest absolute Gasteiger partial charge is 0.0462 e. The van der Waals surface area contributed by atoms with E-state index < -0.39 is 0 Å². The fourth-order valence-electron chi connectivity index (χ4n) is 3.51. The molecule has 2 rings (SSSR count). The fraction of sp³-hybridized carbons (Fsp3) is 0.667. The summed E-state index contributed by atoms with van der Waals surface area (Å²) in [6.07, 6.45) is 7.61. The van der Waals surface area contributed by atoms with Gasteiger partial charge in [-0.1, -0.05) is 31.2 Å². The summed E-state index contributed by atoms with van der Waals surface area (Å²) in [5.74, 6) is 0.742. The minimum atomic E-state index is 0.631. The number of nitrogens with one attached hydrogen (secondary N) is 1. The van der Waals surface area contributed by atoms with Crippen molar-refractivity contribution in [3.05, 3.63) is 35.4 Å². The van der Waals surface area contributed by atoms with Gasteiger partial charge in [0, 0.05) is 19.8 Å². The second-order valence-corrected chi connectivity index (χ2v) is 5.91. The summed E-state index contributed by atoms with van der Waals surface area (Å²) in [4.78, 5) is 0. The van der Waals surface area contributed by atoms with Crippen molar-refractivity contribution in [1.29, 1.82) is 0 Å². The van der Waals surface area contributed by atoms with E-state index in [1.807, 2.05) is 0 Å². The molecular formula is C18H29NO. The first-order chi connectivity index (χ1) is 9.85. The first-order valence-corrected chi connectivity index (χ1v) is 8.15.